The highest BCUT2D eigenvalue weighted by Gasteiger charge is 2.46. The molecule has 1 heteroatoms. The van der Waals surface area contributed by atoms with Crippen LogP contribution in [-0.4, -0.2) is 0 Å². The van der Waals surface area contributed by atoms with Crippen LogP contribution < -0.4 is 4.90 Å². The summed E-state index contributed by atoms with van der Waals surface area (Å²) < 4.78 is 0. The van der Waals surface area contributed by atoms with Crippen molar-refractivity contribution in [2.24, 2.45) is 0 Å². The van der Waals surface area contributed by atoms with Crippen LogP contribution in [0.5, 0.6) is 0 Å². The third-order valence-electron chi connectivity index (χ3n) is 13.6. The van der Waals surface area contributed by atoms with E-state index in [-0.39, 0.29) is 0 Å². The molecule has 0 aromatic heterocycles. The molecule has 0 radical (unpaired) electrons. The van der Waals surface area contributed by atoms with E-state index in [9.17, 15) is 0 Å². The number of anilines is 3. The van der Waals surface area contributed by atoms with Crippen molar-refractivity contribution in [1.29, 1.82) is 0 Å². The fourth-order valence-corrected chi connectivity index (χ4v) is 10.5. The van der Waals surface area contributed by atoms with Gasteiger partial charge in [0.1, 0.15) is 0 Å². The Hall–Kier alpha value is -8.52. The van der Waals surface area contributed by atoms with Crippen LogP contribution in [0, 0.1) is 0 Å². The van der Waals surface area contributed by atoms with Crippen molar-refractivity contribution in [3.8, 4) is 55.6 Å². The van der Waals surface area contributed by atoms with Crippen LogP contribution in [0.3, 0.4) is 0 Å². The van der Waals surface area contributed by atoms with Gasteiger partial charge in [-0.2, -0.15) is 0 Å². The molecule has 0 N–H and O–H groups in total. The third kappa shape index (κ3) is 6.73. The zero-order valence-electron chi connectivity index (χ0n) is 36.4. The summed E-state index contributed by atoms with van der Waals surface area (Å²) in [5, 5.41) is 2.48. The first-order valence-electron chi connectivity index (χ1n) is 22.8. The molecule has 1 aliphatic carbocycles. The minimum absolute atomic E-state index is 0.453. The molecule has 0 heterocycles. The van der Waals surface area contributed by atoms with Gasteiger partial charge in [-0.05, 0) is 137 Å². The van der Waals surface area contributed by atoms with Gasteiger partial charge in [-0.3, -0.25) is 0 Å². The quantitative estimate of drug-likeness (QED) is 0.140. The molecule has 310 valence electrons. The predicted molar refractivity (Wildman–Crippen MR) is 278 cm³/mol. The first kappa shape index (κ1) is 39.1. The smallest absolute Gasteiger partial charge is 0.0713 e. The first-order chi connectivity index (χ1) is 32.7. The SMILES string of the molecule is c1ccc(-c2cccc(-c3ccc(N(c4ccc(-c5ccc6c(c5)C(c5ccccc5)(c5ccccc5)c5ccccc5-6)cc4)c4cccc(-c5cccc6ccccc56)c4)cc3)c2)cc1. The second-order valence-electron chi connectivity index (χ2n) is 17.2. The van der Waals surface area contributed by atoms with E-state index in [2.05, 4.69) is 278 Å². The lowest BCUT2D eigenvalue weighted by Crippen LogP contribution is -2.28. The maximum Gasteiger partial charge on any atom is 0.0713 e. The average Bonchev–Trinajstić information content (AvgIpc) is 3.70. The summed E-state index contributed by atoms with van der Waals surface area (Å²) in [6.07, 6.45) is 0. The van der Waals surface area contributed by atoms with E-state index in [1.807, 2.05) is 0 Å². The van der Waals surface area contributed by atoms with Crippen LogP contribution in [0.2, 0.25) is 0 Å². The number of hydrogen-bond acceptors (Lipinski definition) is 1. The molecule has 0 bridgehead atoms. The topological polar surface area (TPSA) is 3.24 Å². The molecule has 0 saturated carbocycles. The van der Waals surface area contributed by atoms with Crippen LogP contribution in [0.4, 0.5) is 17.1 Å². The third-order valence-corrected chi connectivity index (χ3v) is 13.6. The number of fused-ring (bicyclic) bond motifs is 4. The molecule has 11 aromatic rings. The summed E-state index contributed by atoms with van der Waals surface area (Å²) in [6.45, 7) is 0. The minimum atomic E-state index is -0.453. The van der Waals surface area contributed by atoms with Gasteiger partial charge in [0.15, 0.2) is 0 Å². The molecule has 0 unspecified atom stereocenters. The molecule has 66 heavy (non-hydrogen) atoms. The van der Waals surface area contributed by atoms with Crippen molar-refractivity contribution in [3.05, 3.63) is 295 Å². The van der Waals surface area contributed by atoms with E-state index in [0.29, 0.717) is 0 Å². The van der Waals surface area contributed by atoms with Crippen LogP contribution in [0.15, 0.2) is 273 Å². The molecule has 0 atom stereocenters. The average molecular weight is 840 g/mol. The number of benzene rings is 11. The van der Waals surface area contributed by atoms with E-state index in [4.69, 9.17) is 0 Å². The standard InChI is InChI=1S/C65H45N/c1-4-17-46(18-5-1)50-21-14-22-51(43-50)47-33-38-56(39-34-47)66(58-28-15-23-53(44-58)60-31-16-20-49-19-10-11-29-59(49)60)57-40-35-48(36-41-57)52-37-42-62-61-30-12-13-32-63(61)65(64(62)45-52,54-24-6-2-7-25-54)55-26-8-3-9-27-55/h1-45H. The van der Waals surface area contributed by atoms with Gasteiger partial charge in [0.05, 0.1) is 5.41 Å². The summed E-state index contributed by atoms with van der Waals surface area (Å²) in [7, 11) is 0. The second-order valence-corrected chi connectivity index (χ2v) is 17.2. The zero-order chi connectivity index (χ0) is 43.9. The van der Waals surface area contributed by atoms with Gasteiger partial charge in [0, 0.05) is 17.1 Å². The van der Waals surface area contributed by atoms with E-state index < -0.39 is 5.41 Å². The van der Waals surface area contributed by atoms with E-state index in [1.165, 1.54) is 88.7 Å². The Labute approximate surface area is 387 Å². The van der Waals surface area contributed by atoms with Crippen molar-refractivity contribution in [2.75, 3.05) is 4.90 Å². The van der Waals surface area contributed by atoms with Gasteiger partial charge in [-0.25, -0.2) is 0 Å². The molecule has 0 amide bonds. The molecular formula is C65H45N. The molecule has 0 aliphatic heterocycles. The fourth-order valence-electron chi connectivity index (χ4n) is 10.5. The Morgan fingerprint density at radius 2 is 0.697 bits per heavy atom. The highest BCUT2D eigenvalue weighted by atomic mass is 15.1. The number of rotatable bonds is 9. The Balaban J connectivity index is 0.962. The second kappa shape index (κ2) is 16.6. The van der Waals surface area contributed by atoms with Gasteiger partial charge in [0.25, 0.3) is 0 Å². The highest BCUT2D eigenvalue weighted by Crippen LogP contribution is 2.56. The van der Waals surface area contributed by atoms with Gasteiger partial charge in [-0.1, -0.05) is 224 Å². The van der Waals surface area contributed by atoms with Gasteiger partial charge in [-0.15, -0.1) is 0 Å². The Bertz CT molecular complexity index is 3460. The lowest BCUT2D eigenvalue weighted by atomic mass is 9.67. The lowest BCUT2D eigenvalue weighted by Gasteiger charge is -2.34. The van der Waals surface area contributed by atoms with Crippen molar-refractivity contribution in [3.63, 3.8) is 0 Å². The summed E-state index contributed by atoms with van der Waals surface area (Å²) in [5.41, 5.74) is 20.1. The fraction of sp³-hybridized carbons (Fsp3) is 0.0154. The number of nitrogens with zero attached hydrogens (tertiary/aromatic N) is 1. The van der Waals surface area contributed by atoms with Gasteiger partial charge in [0.2, 0.25) is 0 Å². The molecule has 0 saturated heterocycles. The summed E-state index contributed by atoms with van der Waals surface area (Å²) in [6, 6.07) is 99.9. The minimum Gasteiger partial charge on any atom is -0.310 e. The molecule has 0 spiro atoms. The van der Waals surface area contributed by atoms with Crippen molar-refractivity contribution in [2.45, 2.75) is 5.41 Å². The molecule has 1 nitrogen and oxygen atoms in total. The van der Waals surface area contributed by atoms with E-state index >= 15 is 0 Å². The normalized spacial score (nSPS) is 12.4. The predicted octanol–water partition coefficient (Wildman–Crippen LogP) is 17.3. The van der Waals surface area contributed by atoms with E-state index in [0.717, 1.165) is 17.1 Å². The largest absolute Gasteiger partial charge is 0.310 e. The Kier molecular flexibility index (Phi) is 9.81. The van der Waals surface area contributed by atoms with Gasteiger partial charge < -0.3 is 4.90 Å². The molecular weight excluding hydrogens is 795 g/mol. The molecule has 12 rings (SSSR count). The first-order valence-corrected chi connectivity index (χ1v) is 22.8. The van der Waals surface area contributed by atoms with Crippen molar-refractivity contribution in [1.82, 2.24) is 0 Å². The highest BCUT2D eigenvalue weighted by molar-refractivity contribution is 5.97. The lowest BCUT2D eigenvalue weighted by molar-refractivity contribution is 0.769. The van der Waals surface area contributed by atoms with Crippen LogP contribution in [-0.2, 0) is 5.41 Å². The summed E-state index contributed by atoms with van der Waals surface area (Å²) in [4.78, 5) is 2.39. The van der Waals surface area contributed by atoms with Crippen molar-refractivity contribution >= 4 is 27.8 Å². The Morgan fingerprint density at radius 1 is 0.242 bits per heavy atom. The molecule has 1 aliphatic rings. The van der Waals surface area contributed by atoms with Crippen molar-refractivity contribution < 1.29 is 0 Å². The Morgan fingerprint density at radius 3 is 1.38 bits per heavy atom. The summed E-state index contributed by atoms with van der Waals surface area (Å²) >= 11 is 0. The maximum atomic E-state index is 2.45. The van der Waals surface area contributed by atoms with Crippen LogP contribution in [0.25, 0.3) is 66.4 Å². The maximum absolute atomic E-state index is 2.45. The van der Waals surface area contributed by atoms with Crippen LogP contribution >= 0.6 is 0 Å². The molecule has 0 fully saturated rings. The van der Waals surface area contributed by atoms with E-state index in [1.54, 1.807) is 0 Å². The zero-order valence-corrected chi connectivity index (χ0v) is 36.4. The van der Waals surface area contributed by atoms with Crippen LogP contribution in [0.1, 0.15) is 22.3 Å². The number of hydrogen-bond donors (Lipinski definition) is 0. The summed E-state index contributed by atoms with van der Waals surface area (Å²) in [5.74, 6) is 0. The monoisotopic (exact) mass is 839 g/mol. The van der Waals surface area contributed by atoms with Gasteiger partial charge >= 0.3 is 0 Å². The molecule has 11 aromatic carbocycles.